The minimum atomic E-state index is -4.34. The summed E-state index contributed by atoms with van der Waals surface area (Å²) in [5.74, 6) is -1.91. The normalized spacial score (nSPS) is 13.7. The van der Waals surface area contributed by atoms with E-state index in [-0.39, 0.29) is 30.0 Å². The Morgan fingerprint density at radius 3 is 2.41 bits per heavy atom. The Bertz CT molecular complexity index is 1180. The van der Waals surface area contributed by atoms with Crippen molar-refractivity contribution in [3.8, 4) is 5.88 Å². The van der Waals surface area contributed by atoms with Gasteiger partial charge in [-0.2, -0.15) is 22.8 Å². The van der Waals surface area contributed by atoms with Crippen molar-refractivity contribution in [2.24, 2.45) is 5.73 Å². The van der Waals surface area contributed by atoms with E-state index in [0.29, 0.717) is 16.8 Å². The maximum absolute atomic E-state index is 14.0. The van der Waals surface area contributed by atoms with Gasteiger partial charge in [-0.25, -0.2) is 8.78 Å². The molecule has 0 saturated heterocycles. The molecule has 6 nitrogen and oxygen atoms in total. The van der Waals surface area contributed by atoms with Crippen molar-refractivity contribution in [3.63, 3.8) is 0 Å². The Morgan fingerprint density at radius 2 is 1.79 bits per heavy atom. The Hall–Kier alpha value is -3.21. The van der Waals surface area contributed by atoms with E-state index in [1.165, 1.54) is 17.5 Å². The number of aryl methyl sites for hydroxylation is 2. The summed E-state index contributed by atoms with van der Waals surface area (Å²) in [5.41, 5.74) is 6.00. The van der Waals surface area contributed by atoms with Crippen LogP contribution in [0.25, 0.3) is 5.52 Å². The number of hydrogen-bond acceptors (Lipinski definition) is 4. The van der Waals surface area contributed by atoms with E-state index in [4.69, 9.17) is 10.5 Å². The van der Waals surface area contributed by atoms with Crippen molar-refractivity contribution in [1.29, 1.82) is 0 Å². The van der Waals surface area contributed by atoms with Crippen LogP contribution in [0, 0.1) is 25.5 Å². The molecule has 184 valence electrons. The lowest BCUT2D eigenvalue weighted by Crippen LogP contribution is -2.48. The standard InChI is InChI=1S/C23H25F5N4O2/c1-13-9-18-20(21(33)30-12-22(3,29)7-8-23(26,27)28)14(2)31-32(18)19(10-13)34-11-15-16(24)5-4-6-17(15)25/h4-6,9-10H,7-8,11-12,29H2,1-3H3,(H,30,33). The fraction of sp³-hybridized carbons (Fsp3) is 0.391. The number of fused-ring (bicyclic) bond motifs is 1. The van der Waals surface area contributed by atoms with Crippen LogP contribution in [0.3, 0.4) is 0 Å². The summed E-state index contributed by atoms with van der Waals surface area (Å²) in [6, 6.07) is 6.77. The molecule has 1 atom stereocenters. The number of rotatable bonds is 8. The Balaban J connectivity index is 1.82. The van der Waals surface area contributed by atoms with Crippen LogP contribution in [0.5, 0.6) is 5.88 Å². The number of carbonyl (C=O) groups excluding carboxylic acids is 1. The molecule has 3 aromatic rings. The lowest BCUT2D eigenvalue weighted by atomic mass is 9.96. The van der Waals surface area contributed by atoms with Crippen molar-refractivity contribution < 1.29 is 31.5 Å². The van der Waals surface area contributed by atoms with Crippen LogP contribution in [0.1, 0.15) is 46.9 Å². The molecule has 0 bridgehead atoms. The molecule has 34 heavy (non-hydrogen) atoms. The number of pyridine rings is 1. The number of aromatic nitrogens is 2. The third-order valence-electron chi connectivity index (χ3n) is 5.31. The molecule has 2 aromatic heterocycles. The zero-order valence-corrected chi connectivity index (χ0v) is 18.9. The second kappa shape index (κ2) is 9.57. The van der Waals surface area contributed by atoms with E-state index in [2.05, 4.69) is 10.4 Å². The van der Waals surface area contributed by atoms with Crippen LogP contribution in [-0.2, 0) is 6.61 Å². The average molecular weight is 484 g/mol. The molecule has 0 aliphatic rings. The average Bonchev–Trinajstić information content (AvgIpc) is 3.05. The van der Waals surface area contributed by atoms with Crippen molar-refractivity contribution in [2.45, 2.75) is 51.9 Å². The monoisotopic (exact) mass is 484 g/mol. The van der Waals surface area contributed by atoms with E-state index >= 15 is 0 Å². The molecule has 2 heterocycles. The molecular weight excluding hydrogens is 459 g/mol. The number of ether oxygens (including phenoxy) is 1. The molecule has 3 rings (SSSR count). The van der Waals surface area contributed by atoms with E-state index < -0.39 is 42.3 Å². The van der Waals surface area contributed by atoms with Crippen LogP contribution in [0.15, 0.2) is 30.3 Å². The van der Waals surface area contributed by atoms with Gasteiger partial charge < -0.3 is 15.8 Å². The lowest BCUT2D eigenvalue weighted by molar-refractivity contribution is -0.137. The Morgan fingerprint density at radius 1 is 1.15 bits per heavy atom. The third kappa shape index (κ3) is 6.02. The summed E-state index contributed by atoms with van der Waals surface area (Å²) in [7, 11) is 0. The number of nitrogens with one attached hydrogen (secondary N) is 1. The first-order valence-electron chi connectivity index (χ1n) is 10.5. The van der Waals surface area contributed by atoms with Gasteiger partial charge in [0, 0.05) is 24.6 Å². The molecule has 1 aromatic carbocycles. The first kappa shape index (κ1) is 25.4. The first-order valence-corrected chi connectivity index (χ1v) is 10.5. The fourth-order valence-electron chi connectivity index (χ4n) is 3.45. The van der Waals surface area contributed by atoms with Crippen LogP contribution in [0.4, 0.5) is 22.0 Å². The highest BCUT2D eigenvalue weighted by Crippen LogP contribution is 2.26. The zero-order chi connectivity index (χ0) is 25.3. The summed E-state index contributed by atoms with van der Waals surface area (Å²) < 4.78 is 72.4. The van der Waals surface area contributed by atoms with Gasteiger partial charge in [-0.15, -0.1) is 0 Å². The van der Waals surface area contributed by atoms with Gasteiger partial charge in [-0.05, 0) is 51.0 Å². The topological polar surface area (TPSA) is 81.7 Å². The second-order valence-corrected chi connectivity index (χ2v) is 8.57. The second-order valence-electron chi connectivity index (χ2n) is 8.57. The maximum Gasteiger partial charge on any atom is 0.389 e. The summed E-state index contributed by atoms with van der Waals surface area (Å²) in [4.78, 5) is 12.9. The molecule has 0 saturated carbocycles. The van der Waals surface area contributed by atoms with Crippen LogP contribution >= 0.6 is 0 Å². The smallest absolute Gasteiger partial charge is 0.389 e. The van der Waals surface area contributed by atoms with E-state index in [1.807, 2.05) is 0 Å². The van der Waals surface area contributed by atoms with Crippen molar-refractivity contribution in [1.82, 2.24) is 14.9 Å². The lowest BCUT2D eigenvalue weighted by Gasteiger charge is -2.25. The van der Waals surface area contributed by atoms with Gasteiger partial charge in [0.1, 0.15) is 18.2 Å². The zero-order valence-electron chi connectivity index (χ0n) is 18.9. The van der Waals surface area contributed by atoms with Crippen molar-refractivity contribution in [3.05, 3.63) is 64.4 Å². The molecule has 0 fully saturated rings. The molecule has 1 unspecified atom stereocenters. The van der Waals surface area contributed by atoms with Gasteiger partial charge in [-0.3, -0.25) is 4.79 Å². The summed E-state index contributed by atoms with van der Waals surface area (Å²) in [5, 5.41) is 6.89. The SMILES string of the molecule is Cc1cc(OCc2c(F)cccc2F)n2nc(C)c(C(=O)NCC(C)(N)CCC(F)(F)F)c2c1. The maximum atomic E-state index is 14.0. The highest BCUT2D eigenvalue weighted by Gasteiger charge is 2.32. The molecule has 1 amide bonds. The predicted octanol–water partition coefficient (Wildman–Crippen LogP) is 4.60. The number of alkyl halides is 3. The Labute approximate surface area is 192 Å². The van der Waals surface area contributed by atoms with Gasteiger partial charge in [0.05, 0.1) is 22.3 Å². The van der Waals surface area contributed by atoms with Crippen molar-refractivity contribution in [2.75, 3.05) is 6.54 Å². The fourth-order valence-corrected chi connectivity index (χ4v) is 3.45. The van der Waals surface area contributed by atoms with Gasteiger partial charge in [0.2, 0.25) is 5.88 Å². The van der Waals surface area contributed by atoms with Gasteiger partial charge in [0.25, 0.3) is 5.91 Å². The molecule has 3 N–H and O–H groups in total. The third-order valence-corrected chi connectivity index (χ3v) is 5.31. The molecule has 0 spiro atoms. The Kier molecular flexibility index (Phi) is 7.15. The largest absolute Gasteiger partial charge is 0.473 e. The minimum absolute atomic E-state index is 0.161. The van der Waals surface area contributed by atoms with E-state index in [1.54, 1.807) is 26.0 Å². The quantitative estimate of drug-likeness (QED) is 0.458. The highest BCUT2D eigenvalue weighted by atomic mass is 19.4. The van der Waals surface area contributed by atoms with E-state index in [0.717, 1.165) is 12.1 Å². The van der Waals surface area contributed by atoms with Crippen LogP contribution < -0.4 is 15.8 Å². The van der Waals surface area contributed by atoms with Gasteiger partial charge in [0.15, 0.2) is 0 Å². The molecule has 0 aliphatic carbocycles. The summed E-state index contributed by atoms with van der Waals surface area (Å²) in [6.07, 6.45) is -5.76. The molecular formula is C23H25F5N4O2. The summed E-state index contributed by atoms with van der Waals surface area (Å²) in [6.45, 7) is 4.18. The number of benzene rings is 1. The minimum Gasteiger partial charge on any atom is -0.473 e. The number of hydrogen-bond donors (Lipinski definition) is 2. The van der Waals surface area contributed by atoms with Gasteiger partial charge in [-0.1, -0.05) is 6.07 Å². The van der Waals surface area contributed by atoms with Crippen LogP contribution in [0.2, 0.25) is 0 Å². The highest BCUT2D eigenvalue weighted by molar-refractivity contribution is 6.02. The molecule has 11 heteroatoms. The molecule has 0 radical (unpaired) electrons. The van der Waals surface area contributed by atoms with Crippen LogP contribution in [-0.4, -0.2) is 33.8 Å². The summed E-state index contributed by atoms with van der Waals surface area (Å²) >= 11 is 0. The van der Waals surface area contributed by atoms with Gasteiger partial charge >= 0.3 is 6.18 Å². The number of carbonyl (C=O) groups is 1. The number of nitrogens with zero attached hydrogens (tertiary/aromatic N) is 2. The molecule has 0 aliphatic heterocycles. The predicted molar refractivity (Wildman–Crippen MR) is 116 cm³/mol. The van der Waals surface area contributed by atoms with Crippen molar-refractivity contribution >= 4 is 11.4 Å². The number of halogens is 5. The van der Waals surface area contributed by atoms with E-state index in [9.17, 15) is 26.7 Å². The first-order chi connectivity index (χ1) is 15.8. The number of nitrogens with two attached hydrogens (primary N) is 1. The number of amides is 1.